The fraction of sp³-hybridized carbons (Fsp3) is 0.208. The molecule has 2 aromatic heterocycles. The van der Waals surface area contributed by atoms with Crippen molar-refractivity contribution in [3.63, 3.8) is 0 Å². The van der Waals surface area contributed by atoms with Crippen LogP contribution in [0.3, 0.4) is 0 Å². The van der Waals surface area contributed by atoms with Gasteiger partial charge in [0.05, 0.1) is 23.5 Å². The molecule has 6 nitrogen and oxygen atoms in total. The number of halogens is 4. The molecule has 0 atom stereocenters. The van der Waals surface area contributed by atoms with Crippen LogP contribution in [0.1, 0.15) is 24.2 Å². The lowest BCUT2D eigenvalue weighted by atomic mass is 10.0. The molecule has 4 aromatic rings. The van der Waals surface area contributed by atoms with E-state index in [0.717, 1.165) is 10.7 Å². The van der Waals surface area contributed by atoms with Crippen LogP contribution in [-0.4, -0.2) is 33.0 Å². The number of carbonyl (C=O) groups excluding carboxylic acids is 1. The van der Waals surface area contributed by atoms with Gasteiger partial charge in [0.15, 0.2) is 11.6 Å². The van der Waals surface area contributed by atoms with Crippen molar-refractivity contribution in [1.29, 1.82) is 0 Å². The number of hydrogen-bond acceptors (Lipinski definition) is 4. The Morgan fingerprint density at radius 1 is 1.18 bits per heavy atom. The topological polar surface area (TPSA) is 69.0 Å². The highest BCUT2D eigenvalue weighted by molar-refractivity contribution is 6.10. The first kappa shape index (κ1) is 23.2. The van der Waals surface area contributed by atoms with Crippen LogP contribution in [0.4, 0.5) is 23.2 Å². The van der Waals surface area contributed by atoms with Gasteiger partial charge in [-0.25, -0.2) is 4.39 Å². The molecule has 0 bridgehead atoms. The number of anilines is 1. The summed E-state index contributed by atoms with van der Waals surface area (Å²) in [5, 5.41) is 7.12. The van der Waals surface area contributed by atoms with Crippen LogP contribution < -0.4 is 10.1 Å². The first-order chi connectivity index (χ1) is 16.1. The van der Waals surface area contributed by atoms with Gasteiger partial charge in [-0.2, -0.15) is 18.3 Å². The Bertz CT molecular complexity index is 1350. The highest BCUT2D eigenvalue weighted by Gasteiger charge is 2.28. The third kappa shape index (κ3) is 5.16. The smallest absolute Gasteiger partial charge is 0.408 e. The molecule has 10 heteroatoms. The molecule has 34 heavy (non-hydrogen) atoms. The predicted octanol–water partition coefficient (Wildman–Crippen LogP) is 5.84. The maximum Gasteiger partial charge on any atom is 0.408 e. The minimum absolute atomic E-state index is 0.0501. The molecule has 0 fully saturated rings. The Kier molecular flexibility index (Phi) is 6.23. The quantitative estimate of drug-likeness (QED) is 0.358. The second-order valence-corrected chi connectivity index (χ2v) is 7.87. The van der Waals surface area contributed by atoms with E-state index in [2.05, 4.69) is 15.4 Å². The third-order valence-electron chi connectivity index (χ3n) is 4.86. The van der Waals surface area contributed by atoms with Crippen LogP contribution in [0, 0.1) is 5.82 Å². The number of nitrogens with one attached hydrogen (secondary N) is 1. The normalized spacial score (nSPS) is 11.7. The van der Waals surface area contributed by atoms with Gasteiger partial charge in [0.1, 0.15) is 6.54 Å². The minimum atomic E-state index is -4.39. The highest BCUT2D eigenvalue weighted by Crippen LogP contribution is 2.31. The number of nitrogens with zero attached hydrogens (tertiary/aromatic N) is 3. The number of alkyl halides is 3. The molecule has 2 heterocycles. The molecular weight excluding hydrogens is 452 g/mol. The number of amides is 1. The number of carbonyl (C=O) groups is 1. The van der Waals surface area contributed by atoms with Crippen LogP contribution in [0.15, 0.2) is 61.1 Å². The summed E-state index contributed by atoms with van der Waals surface area (Å²) in [6, 6.07) is 10.7. The van der Waals surface area contributed by atoms with Gasteiger partial charge in [0, 0.05) is 28.9 Å². The van der Waals surface area contributed by atoms with Crippen molar-refractivity contribution in [1.82, 2.24) is 14.8 Å². The summed E-state index contributed by atoms with van der Waals surface area (Å²) < 4.78 is 58.5. The number of rotatable bonds is 6. The zero-order valence-electron chi connectivity index (χ0n) is 18.2. The lowest BCUT2D eigenvalue weighted by molar-refractivity contribution is -0.142. The number of pyridine rings is 1. The molecule has 0 saturated heterocycles. The Balaban J connectivity index is 1.63. The Morgan fingerprint density at radius 2 is 1.97 bits per heavy atom. The van der Waals surface area contributed by atoms with Crippen LogP contribution in [-0.2, 0) is 6.54 Å². The number of aromatic nitrogens is 3. The van der Waals surface area contributed by atoms with Crippen molar-refractivity contribution >= 4 is 22.5 Å². The van der Waals surface area contributed by atoms with Crippen molar-refractivity contribution in [2.45, 2.75) is 32.7 Å². The molecule has 0 radical (unpaired) electrons. The first-order valence-electron chi connectivity index (χ1n) is 10.4. The van der Waals surface area contributed by atoms with Crippen LogP contribution in [0.25, 0.3) is 22.0 Å². The van der Waals surface area contributed by atoms with Gasteiger partial charge in [0.2, 0.25) is 0 Å². The average molecular weight is 472 g/mol. The molecule has 2 aromatic carbocycles. The number of hydrogen-bond donors (Lipinski definition) is 1. The van der Waals surface area contributed by atoms with Gasteiger partial charge in [-0.05, 0) is 49.7 Å². The zero-order chi connectivity index (χ0) is 24.5. The Labute approximate surface area is 192 Å². The molecule has 4 rings (SSSR count). The van der Waals surface area contributed by atoms with Crippen LogP contribution >= 0.6 is 0 Å². The van der Waals surface area contributed by atoms with E-state index in [1.54, 1.807) is 38.1 Å². The molecule has 1 amide bonds. The summed E-state index contributed by atoms with van der Waals surface area (Å²) in [5.74, 6) is -1.16. The summed E-state index contributed by atoms with van der Waals surface area (Å²) in [6.45, 7) is 2.33. The monoisotopic (exact) mass is 472 g/mol. The van der Waals surface area contributed by atoms with Crippen molar-refractivity contribution < 1.29 is 27.1 Å². The van der Waals surface area contributed by atoms with Gasteiger partial charge in [-0.1, -0.05) is 12.1 Å². The van der Waals surface area contributed by atoms with Crippen molar-refractivity contribution in [3.05, 3.63) is 72.4 Å². The number of benzene rings is 2. The van der Waals surface area contributed by atoms with Crippen molar-refractivity contribution in [3.8, 4) is 16.9 Å². The lowest BCUT2D eigenvalue weighted by Crippen LogP contribution is -2.17. The van der Waals surface area contributed by atoms with Gasteiger partial charge in [-0.3, -0.25) is 14.5 Å². The highest BCUT2D eigenvalue weighted by atomic mass is 19.4. The molecule has 0 saturated carbocycles. The number of para-hydroxylation sites is 1. The van der Waals surface area contributed by atoms with E-state index in [1.807, 2.05) is 0 Å². The third-order valence-corrected chi connectivity index (χ3v) is 4.86. The molecule has 0 spiro atoms. The molecule has 0 aliphatic rings. The van der Waals surface area contributed by atoms with E-state index >= 15 is 0 Å². The summed E-state index contributed by atoms with van der Waals surface area (Å²) >= 11 is 0. The maximum absolute atomic E-state index is 14.3. The second kappa shape index (κ2) is 9.12. The van der Waals surface area contributed by atoms with Crippen LogP contribution in [0.2, 0.25) is 0 Å². The first-order valence-corrected chi connectivity index (χ1v) is 10.4. The SMILES string of the molecule is CC(C)Oc1ccc(C(=O)Nc2cccc3c(-c4cnn(CC(F)(F)F)c4)ccnc23)cc1F. The molecule has 0 aliphatic carbocycles. The standard InChI is InChI=1S/C24H20F4N4O2/c1-14(2)34-21-7-6-15(10-19(21)25)23(33)31-20-5-3-4-18-17(8-9-29-22(18)20)16-11-30-32(12-16)13-24(26,27)28/h3-12,14H,13H2,1-2H3,(H,31,33). The molecule has 0 unspecified atom stereocenters. The zero-order valence-corrected chi connectivity index (χ0v) is 18.2. The molecule has 1 N–H and O–H groups in total. The Hall–Kier alpha value is -3.95. The Morgan fingerprint density at radius 3 is 2.68 bits per heavy atom. The maximum atomic E-state index is 14.3. The van der Waals surface area contributed by atoms with Crippen molar-refractivity contribution in [2.75, 3.05) is 5.32 Å². The summed E-state index contributed by atoms with van der Waals surface area (Å²) in [6.07, 6.45) is -0.469. The molecule has 0 aliphatic heterocycles. The average Bonchev–Trinajstić information content (AvgIpc) is 3.21. The van der Waals surface area contributed by atoms with Crippen LogP contribution in [0.5, 0.6) is 5.75 Å². The van der Waals surface area contributed by atoms with E-state index in [-0.39, 0.29) is 17.4 Å². The summed E-state index contributed by atoms with van der Waals surface area (Å²) in [5.41, 5.74) is 1.97. The minimum Gasteiger partial charge on any atom is -0.488 e. The van der Waals surface area contributed by atoms with E-state index < -0.39 is 24.4 Å². The van der Waals surface area contributed by atoms with E-state index in [1.165, 1.54) is 30.7 Å². The second-order valence-electron chi connectivity index (χ2n) is 7.87. The number of ether oxygens (including phenoxy) is 1. The lowest BCUT2D eigenvalue weighted by Gasteiger charge is -2.12. The van der Waals surface area contributed by atoms with Gasteiger partial charge >= 0.3 is 6.18 Å². The van der Waals surface area contributed by atoms with Gasteiger partial charge in [0.25, 0.3) is 5.91 Å². The van der Waals surface area contributed by atoms with Gasteiger partial charge in [-0.15, -0.1) is 0 Å². The largest absolute Gasteiger partial charge is 0.488 e. The summed E-state index contributed by atoms with van der Waals surface area (Å²) in [4.78, 5) is 17.1. The van der Waals surface area contributed by atoms with E-state index in [4.69, 9.17) is 4.74 Å². The predicted molar refractivity (Wildman–Crippen MR) is 119 cm³/mol. The van der Waals surface area contributed by atoms with Crippen molar-refractivity contribution in [2.24, 2.45) is 0 Å². The van der Waals surface area contributed by atoms with E-state index in [0.29, 0.717) is 27.7 Å². The fourth-order valence-corrected chi connectivity index (χ4v) is 3.49. The molecule has 176 valence electrons. The molecular formula is C24H20F4N4O2. The fourth-order valence-electron chi connectivity index (χ4n) is 3.49. The van der Waals surface area contributed by atoms with E-state index in [9.17, 15) is 22.4 Å². The number of fused-ring (bicyclic) bond motifs is 1. The summed E-state index contributed by atoms with van der Waals surface area (Å²) in [7, 11) is 0. The van der Waals surface area contributed by atoms with Gasteiger partial charge < -0.3 is 10.1 Å².